The number of nitrogens with zero attached hydrogens (tertiary/aromatic N) is 3. The minimum atomic E-state index is -0.330. The SMILES string of the molecule is CC1CCN(c2ncc(C(=O)NCc3ccccc3F)cn2)CC1. The summed E-state index contributed by atoms with van der Waals surface area (Å²) >= 11 is 0. The van der Waals surface area contributed by atoms with E-state index in [9.17, 15) is 9.18 Å². The Bertz CT molecular complexity index is 696. The average Bonchev–Trinajstić information content (AvgIpc) is 2.62. The standard InChI is InChI=1S/C18H21FN4O/c1-13-6-8-23(9-7-13)18-21-11-15(12-22-18)17(24)20-10-14-4-2-3-5-16(14)19/h2-5,11-13H,6-10H2,1H3,(H,20,24). The van der Waals surface area contributed by atoms with Gasteiger partial charge in [-0.2, -0.15) is 0 Å². The number of nitrogens with one attached hydrogen (secondary N) is 1. The summed E-state index contributed by atoms with van der Waals surface area (Å²) in [6.45, 7) is 4.28. The van der Waals surface area contributed by atoms with E-state index in [1.54, 1.807) is 18.2 Å². The minimum absolute atomic E-state index is 0.136. The minimum Gasteiger partial charge on any atom is -0.348 e. The van der Waals surface area contributed by atoms with Crippen LogP contribution in [0.3, 0.4) is 0 Å². The average molecular weight is 328 g/mol. The maximum absolute atomic E-state index is 13.5. The Morgan fingerprint density at radius 3 is 2.58 bits per heavy atom. The molecule has 1 aromatic heterocycles. The molecule has 0 aliphatic carbocycles. The van der Waals surface area contributed by atoms with Crippen molar-refractivity contribution >= 4 is 11.9 Å². The Morgan fingerprint density at radius 2 is 1.92 bits per heavy atom. The number of anilines is 1. The van der Waals surface area contributed by atoms with Crippen LogP contribution < -0.4 is 10.2 Å². The lowest BCUT2D eigenvalue weighted by molar-refractivity contribution is 0.0950. The summed E-state index contributed by atoms with van der Waals surface area (Å²) in [5.74, 6) is 0.762. The molecule has 1 fully saturated rings. The van der Waals surface area contributed by atoms with Gasteiger partial charge in [-0.3, -0.25) is 4.79 Å². The zero-order valence-electron chi connectivity index (χ0n) is 13.7. The van der Waals surface area contributed by atoms with Crippen molar-refractivity contribution in [3.8, 4) is 0 Å². The molecule has 1 N–H and O–H groups in total. The first-order chi connectivity index (χ1) is 11.6. The van der Waals surface area contributed by atoms with Crippen molar-refractivity contribution in [2.75, 3.05) is 18.0 Å². The number of aromatic nitrogens is 2. The topological polar surface area (TPSA) is 58.1 Å². The van der Waals surface area contributed by atoms with Crippen LogP contribution in [0, 0.1) is 11.7 Å². The van der Waals surface area contributed by atoms with E-state index in [4.69, 9.17) is 0 Å². The molecule has 5 nitrogen and oxygen atoms in total. The number of halogens is 1. The molecular weight excluding hydrogens is 307 g/mol. The van der Waals surface area contributed by atoms with Crippen molar-refractivity contribution in [1.29, 1.82) is 0 Å². The number of rotatable bonds is 4. The van der Waals surface area contributed by atoms with Crippen LogP contribution in [-0.2, 0) is 6.54 Å². The Morgan fingerprint density at radius 1 is 1.25 bits per heavy atom. The van der Waals surface area contributed by atoms with Gasteiger partial charge in [0.25, 0.3) is 5.91 Å². The number of carbonyl (C=O) groups excluding carboxylic acids is 1. The summed E-state index contributed by atoms with van der Waals surface area (Å²) in [5.41, 5.74) is 0.825. The van der Waals surface area contributed by atoms with Gasteiger partial charge in [-0.15, -0.1) is 0 Å². The third-order valence-electron chi connectivity index (χ3n) is 4.36. The first-order valence-electron chi connectivity index (χ1n) is 8.22. The van der Waals surface area contributed by atoms with Crippen molar-refractivity contribution in [2.45, 2.75) is 26.3 Å². The summed E-state index contributed by atoms with van der Waals surface area (Å²) in [6, 6.07) is 6.38. The van der Waals surface area contributed by atoms with Crippen molar-refractivity contribution in [3.63, 3.8) is 0 Å². The van der Waals surface area contributed by atoms with Crippen molar-refractivity contribution < 1.29 is 9.18 Å². The van der Waals surface area contributed by atoms with E-state index < -0.39 is 0 Å². The molecule has 6 heteroatoms. The predicted molar refractivity (Wildman–Crippen MR) is 90.2 cm³/mol. The third kappa shape index (κ3) is 3.88. The molecule has 1 aliphatic heterocycles. The van der Waals surface area contributed by atoms with Crippen LogP contribution in [0.1, 0.15) is 35.7 Å². The van der Waals surface area contributed by atoms with Crippen LogP contribution in [0.4, 0.5) is 10.3 Å². The smallest absolute Gasteiger partial charge is 0.254 e. The fourth-order valence-corrected chi connectivity index (χ4v) is 2.73. The van der Waals surface area contributed by atoms with Gasteiger partial charge in [-0.1, -0.05) is 25.1 Å². The molecule has 126 valence electrons. The highest BCUT2D eigenvalue weighted by atomic mass is 19.1. The molecule has 1 aromatic carbocycles. The lowest BCUT2D eigenvalue weighted by atomic mass is 10.00. The predicted octanol–water partition coefficient (Wildman–Crippen LogP) is 2.78. The van der Waals surface area contributed by atoms with E-state index in [0.717, 1.165) is 31.8 Å². The Balaban J connectivity index is 1.59. The van der Waals surface area contributed by atoms with Crippen LogP contribution in [0.15, 0.2) is 36.7 Å². The number of piperidine rings is 1. The van der Waals surface area contributed by atoms with Crippen LogP contribution in [0.2, 0.25) is 0 Å². The van der Waals surface area contributed by atoms with Crippen LogP contribution in [0.25, 0.3) is 0 Å². The fourth-order valence-electron chi connectivity index (χ4n) is 2.73. The number of hydrogen-bond acceptors (Lipinski definition) is 4. The molecular formula is C18H21FN4O. The quantitative estimate of drug-likeness (QED) is 0.937. The van der Waals surface area contributed by atoms with Gasteiger partial charge in [0.1, 0.15) is 5.82 Å². The second-order valence-corrected chi connectivity index (χ2v) is 6.22. The van der Waals surface area contributed by atoms with E-state index in [-0.39, 0.29) is 18.3 Å². The molecule has 0 bridgehead atoms. The van der Waals surface area contributed by atoms with Gasteiger partial charge < -0.3 is 10.2 Å². The highest BCUT2D eigenvalue weighted by Crippen LogP contribution is 2.19. The van der Waals surface area contributed by atoms with E-state index >= 15 is 0 Å². The second kappa shape index (κ2) is 7.38. The van der Waals surface area contributed by atoms with Crippen LogP contribution >= 0.6 is 0 Å². The lowest BCUT2D eigenvalue weighted by Crippen LogP contribution is -2.34. The van der Waals surface area contributed by atoms with E-state index in [1.807, 2.05) is 0 Å². The number of amides is 1. The van der Waals surface area contributed by atoms with Crippen molar-refractivity contribution in [2.24, 2.45) is 5.92 Å². The highest BCUT2D eigenvalue weighted by Gasteiger charge is 2.18. The Labute approximate surface area is 140 Å². The summed E-state index contributed by atoms with van der Waals surface area (Å²) < 4.78 is 13.5. The molecule has 2 heterocycles. The monoisotopic (exact) mass is 328 g/mol. The molecule has 0 saturated carbocycles. The number of carbonyl (C=O) groups is 1. The maximum Gasteiger partial charge on any atom is 0.254 e. The third-order valence-corrected chi connectivity index (χ3v) is 4.36. The van der Waals surface area contributed by atoms with Crippen molar-refractivity contribution in [1.82, 2.24) is 15.3 Å². The summed E-state index contributed by atoms with van der Waals surface area (Å²) in [5, 5.41) is 2.69. The molecule has 1 amide bonds. The zero-order valence-corrected chi connectivity index (χ0v) is 13.7. The number of hydrogen-bond donors (Lipinski definition) is 1. The van der Waals surface area contributed by atoms with E-state index in [1.165, 1.54) is 18.5 Å². The Hall–Kier alpha value is -2.50. The second-order valence-electron chi connectivity index (χ2n) is 6.22. The van der Waals surface area contributed by atoms with E-state index in [2.05, 4.69) is 27.1 Å². The molecule has 0 unspecified atom stereocenters. The fraction of sp³-hybridized carbons (Fsp3) is 0.389. The molecule has 0 spiro atoms. The summed E-state index contributed by atoms with van der Waals surface area (Å²) in [4.78, 5) is 22.9. The van der Waals surface area contributed by atoms with E-state index in [0.29, 0.717) is 17.1 Å². The van der Waals surface area contributed by atoms with Gasteiger partial charge >= 0.3 is 0 Å². The van der Waals surface area contributed by atoms with Crippen molar-refractivity contribution in [3.05, 3.63) is 53.6 Å². The zero-order chi connectivity index (χ0) is 16.9. The Kier molecular flexibility index (Phi) is 5.03. The molecule has 3 rings (SSSR count). The first kappa shape index (κ1) is 16.4. The van der Waals surface area contributed by atoms with Gasteiger partial charge in [0, 0.05) is 37.6 Å². The summed E-state index contributed by atoms with van der Waals surface area (Å²) in [7, 11) is 0. The van der Waals surface area contributed by atoms with Gasteiger partial charge in [0.05, 0.1) is 5.56 Å². The van der Waals surface area contributed by atoms with Crippen LogP contribution in [0.5, 0.6) is 0 Å². The van der Waals surface area contributed by atoms with Gasteiger partial charge in [-0.25, -0.2) is 14.4 Å². The van der Waals surface area contributed by atoms with Gasteiger partial charge in [-0.05, 0) is 24.8 Å². The molecule has 24 heavy (non-hydrogen) atoms. The van der Waals surface area contributed by atoms with Gasteiger partial charge in [0.2, 0.25) is 5.95 Å². The lowest BCUT2D eigenvalue weighted by Gasteiger charge is -2.30. The molecule has 1 aliphatic rings. The largest absolute Gasteiger partial charge is 0.348 e. The van der Waals surface area contributed by atoms with Crippen LogP contribution in [-0.4, -0.2) is 29.0 Å². The normalized spacial score (nSPS) is 15.3. The van der Waals surface area contributed by atoms with Gasteiger partial charge in [0.15, 0.2) is 0 Å². The maximum atomic E-state index is 13.5. The highest BCUT2D eigenvalue weighted by molar-refractivity contribution is 5.93. The number of benzene rings is 1. The molecule has 0 atom stereocenters. The first-order valence-corrected chi connectivity index (χ1v) is 8.22. The molecule has 1 saturated heterocycles. The molecule has 0 radical (unpaired) electrons. The summed E-state index contributed by atoms with van der Waals surface area (Å²) in [6.07, 6.45) is 5.32. The molecule has 2 aromatic rings.